The SMILES string of the molecule is C#CC[C@@H](C(=O)OC(C)(C)C)[C@H](C)O. The van der Waals surface area contributed by atoms with Crippen molar-refractivity contribution in [2.24, 2.45) is 5.92 Å². The molecule has 0 rings (SSSR count). The van der Waals surface area contributed by atoms with E-state index >= 15 is 0 Å². The minimum Gasteiger partial charge on any atom is -0.460 e. The minimum absolute atomic E-state index is 0.201. The van der Waals surface area contributed by atoms with Crippen molar-refractivity contribution in [3.63, 3.8) is 0 Å². The Morgan fingerprint density at radius 1 is 1.57 bits per heavy atom. The van der Waals surface area contributed by atoms with Crippen molar-refractivity contribution in [3.8, 4) is 12.3 Å². The predicted molar refractivity (Wildman–Crippen MR) is 54.5 cm³/mol. The number of carbonyl (C=O) groups excluding carboxylic acids is 1. The van der Waals surface area contributed by atoms with Gasteiger partial charge in [0, 0.05) is 6.42 Å². The maximum Gasteiger partial charge on any atom is 0.313 e. The summed E-state index contributed by atoms with van der Waals surface area (Å²) in [6, 6.07) is 0. The molecule has 0 unspecified atom stereocenters. The second-order valence-electron chi connectivity index (χ2n) is 4.29. The van der Waals surface area contributed by atoms with Crippen LogP contribution in [0.15, 0.2) is 0 Å². The zero-order valence-corrected chi connectivity index (χ0v) is 9.20. The van der Waals surface area contributed by atoms with E-state index in [1.165, 1.54) is 6.92 Å². The van der Waals surface area contributed by atoms with Crippen molar-refractivity contribution < 1.29 is 14.6 Å². The zero-order chi connectivity index (χ0) is 11.4. The van der Waals surface area contributed by atoms with Crippen LogP contribution in [0.25, 0.3) is 0 Å². The largest absolute Gasteiger partial charge is 0.460 e. The monoisotopic (exact) mass is 198 g/mol. The van der Waals surface area contributed by atoms with E-state index in [4.69, 9.17) is 11.2 Å². The first kappa shape index (κ1) is 13.0. The summed E-state index contributed by atoms with van der Waals surface area (Å²) in [5, 5.41) is 9.31. The average molecular weight is 198 g/mol. The van der Waals surface area contributed by atoms with Gasteiger partial charge in [0.15, 0.2) is 0 Å². The van der Waals surface area contributed by atoms with Crippen molar-refractivity contribution in [3.05, 3.63) is 0 Å². The number of terminal acetylenes is 1. The second-order valence-corrected chi connectivity index (χ2v) is 4.29. The predicted octanol–water partition coefficient (Wildman–Crippen LogP) is 1.35. The van der Waals surface area contributed by atoms with Crippen LogP contribution >= 0.6 is 0 Å². The van der Waals surface area contributed by atoms with Gasteiger partial charge in [-0.25, -0.2) is 0 Å². The van der Waals surface area contributed by atoms with Crippen LogP contribution in [-0.2, 0) is 9.53 Å². The summed E-state index contributed by atoms with van der Waals surface area (Å²) < 4.78 is 5.12. The number of hydrogen-bond acceptors (Lipinski definition) is 3. The molecule has 14 heavy (non-hydrogen) atoms. The van der Waals surface area contributed by atoms with E-state index in [-0.39, 0.29) is 6.42 Å². The lowest BCUT2D eigenvalue weighted by atomic mass is 10.00. The highest BCUT2D eigenvalue weighted by atomic mass is 16.6. The molecule has 1 N–H and O–H groups in total. The molecule has 0 aliphatic carbocycles. The molecule has 0 amide bonds. The van der Waals surface area contributed by atoms with Crippen molar-refractivity contribution in [2.75, 3.05) is 0 Å². The maximum absolute atomic E-state index is 11.5. The fraction of sp³-hybridized carbons (Fsp3) is 0.727. The molecule has 0 aliphatic rings. The first-order chi connectivity index (χ1) is 6.28. The van der Waals surface area contributed by atoms with Gasteiger partial charge in [0.1, 0.15) is 5.60 Å². The molecule has 0 fully saturated rings. The molecule has 0 spiro atoms. The number of rotatable bonds is 3. The van der Waals surface area contributed by atoms with E-state index in [2.05, 4.69) is 5.92 Å². The van der Waals surface area contributed by atoms with Gasteiger partial charge in [0.2, 0.25) is 0 Å². The fourth-order valence-corrected chi connectivity index (χ4v) is 0.955. The van der Waals surface area contributed by atoms with E-state index in [0.29, 0.717) is 0 Å². The highest BCUT2D eigenvalue weighted by molar-refractivity contribution is 5.73. The van der Waals surface area contributed by atoms with Gasteiger partial charge in [-0.15, -0.1) is 12.3 Å². The summed E-state index contributed by atoms with van der Waals surface area (Å²) in [6.45, 7) is 6.87. The van der Waals surface area contributed by atoms with Gasteiger partial charge in [0.25, 0.3) is 0 Å². The molecule has 3 heteroatoms. The number of aliphatic hydroxyl groups excluding tert-OH is 1. The van der Waals surface area contributed by atoms with Gasteiger partial charge in [-0.3, -0.25) is 4.79 Å². The molecule has 0 heterocycles. The number of hydrogen-bond donors (Lipinski definition) is 1. The Balaban J connectivity index is 4.39. The molecule has 0 radical (unpaired) electrons. The van der Waals surface area contributed by atoms with Crippen LogP contribution in [0.2, 0.25) is 0 Å². The lowest BCUT2D eigenvalue weighted by molar-refractivity contribution is -0.163. The quantitative estimate of drug-likeness (QED) is 0.550. The van der Waals surface area contributed by atoms with Gasteiger partial charge in [-0.2, -0.15) is 0 Å². The number of carbonyl (C=O) groups is 1. The van der Waals surface area contributed by atoms with Crippen LogP contribution in [0.3, 0.4) is 0 Å². The molecule has 80 valence electrons. The fourth-order valence-electron chi connectivity index (χ4n) is 0.955. The zero-order valence-electron chi connectivity index (χ0n) is 9.20. The Kier molecular flexibility index (Phi) is 4.65. The van der Waals surface area contributed by atoms with E-state index in [1.807, 2.05) is 0 Å². The lowest BCUT2D eigenvalue weighted by Crippen LogP contribution is -2.33. The van der Waals surface area contributed by atoms with Crippen molar-refractivity contribution in [2.45, 2.75) is 45.8 Å². The third-order valence-electron chi connectivity index (χ3n) is 1.63. The summed E-state index contributed by atoms with van der Waals surface area (Å²) in [5.74, 6) is 1.29. The number of ether oxygens (including phenoxy) is 1. The Morgan fingerprint density at radius 2 is 2.07 bits per heavy atom. The first-order valence-electron chi connectivity index (χ1n) is 4.62. The van der Waals surface area contributed by atoms with Crippen LogP contribution in [0, 0.1) is 18.3 Å². The molecule has 0 bridgehead atoms. The average Bonchev–Trinajstić information content (AvgIpc) is 1.95. The molecular formula is C11H18O3. The normalized spacial score (nSPS) is 15.4. The van der Waals surface area contributed by atoms with Crippen LogP contribution in [0.1, 0.15) is 34.1 Å². The van der Waals surface area contributed by atoms with E-state index in [0.717, 1.165) is 0 Å². The molecule has 0 saturated carbocycles. The minimum atomic E-state index is -0.777. The molecule has 0 aliphatic heterocycles. The van der Waals surface area contributed by atoms with Crippen molar-refractivity contribution in [1.29, 1.82) is 0 Å². The third-order valence-corrected chi connectivity index (χ3v) is 1.63. The Bertz CT molecular complexity index is 230. The van der Waals surface area contributed by atoms with E-state index < -0.39 is 23.6 Å². The number of aliphatic hydroxyl groups is 1. The maximum atomic E-state index is 11.5. The molecule has 3 nitrogen and oxygen atoms in total. The van der Waals surface area contributed by atoms with Crippen LogP contribution in [-0.4, -0.2) is 22.8 Å². The lowest BCUT2D eigenvalue weighted by Gasteiger charge is -2.24. The first-order valence-corrected chi connectivity index (χ1v) is 4.62. The molecule has 0 aromatic heterocycles. The summed E-state index contributed by atoms with van der Waals surface area (Å²) in [5.41, 5.74) is -0.543. The smallest absolute Gasteiger partial charge is 0.313 e. The van der Waals surface area contributed by atoms with Gasteiger partial charge < -0.3 is 9.84 Å². The van der Waals surface area contributed by atoms with Gasteiger partial charge in [-0.05, 0) is 27.7 Å². The molecule has 0 aromatic carbocycles. The molecule has 0 aromatic rings. The molecular weight excluding hydrogens is 180 g/mol. The standard InChI is InChI=1S/C11H18O3/c1-6-7-9(8(2)12)10(13)14-11(3,4)5/h1,8-9,12H,7H2,2-5H3/t8-,9+/m0/s1. The van der Waals surface area contributed by atoms with Crippen LogP contribution < -0.4 is 0 Å². The molecule has 2 atom stereocenters. The molecule has 0 saturated heterocycles. The van der Waals surface area contributed by atoms with E-state index in [1.54, 1.807) is 20.8 Å². The Labute approximate surface area is 85.5 Å². The van der Waals surface area contributed by atoms with Gasteiger partial charge >= 0.3 is 5.97 Å². The topological polar surface area (TPSA) is 46.5 Å². The second kappa shape index (κ2) is 5.02. The highest BCUT2D eigenvalue weighted by Crippen LogP contribution is 2.16. The Morgan fingerprint density at radius 3 is 2.36 bits per heavy atom. The highest BCUT2D eigenvalue weighted by Gasteiger charge is 2.27. The van der Waals surface area contributed by atoms with Gasteiger partial charge in [0.05, 0.1) is 12.0 Å². The van der Waals surface area contributed by atoms with Crippen molar-refractivity contribution >= 4 is 5.97 Å². The van der Waals surface area contributed by atoms with E-state index in [9.17, 15) is 9.90 Å². The van der Waals surface area contributed by atoms with Crippen molar-refractivity contribution in [1.82, 2.24) is 0 Å². The number of esters is 1. The van der Waals surface area contributed by atoms with Crippen LogP contribution in [0.5, 0.6) is 0 Å². The Hall–Kier alpha value is -1.01. The third kappa shape index (κ3) is 4.88. The summed E-state index contributed by atoms with van der Waals surface area (Å²) in [4.78, 5) is 11.5. The summed E-state index contributed by atoms with van der Waals surface area (Å²) in [7, 11) is 0. The summed E-state index contributed by atoms with van der Waals surface area (Å²) >= 11 is 0. The van der Waals surface area contributed by atoms with Gasteiger partial charge in [-0.1, -0.05) is 0 Å². The van der Waals surface area contributed by atoms with Crippen LogP contribution in [0.4, 0.5) is 0 Å². The summed E-state index contributed by atoms with van der Waals surface area (Å²) in [6.07, 6.45) is 4.52.